The molecule has 0 saturated carbocycles. The third-order valence-electron chi connectivity index (χ3n) is 3.74. The molecule has 21 heavy (non-hydrogen) atoms. The van der Waals surface area contributed by atoms with E-state index in [-0.39, 0.29) is 6.04 Å². The number of nitrogens with zero attached hydrogens (tertiary/aromatic N) is 4. The van der Waals surface area contributed by atoms with Crippen molar-refractivity contribution in [3.8, 4) is 0 Å². The largest absolute Gasteiger partial charge is 0.312 e. The second-order valence-corrected chi connectivity index (χ2v) is 6.30. The summed E-state index contributed by atoms with van der Waals surface area (Å²) in [5.41, 5.74) is 3.54. The molecule has 6 heteroatoms. The van der Waals surface area contributed by atoms with Gasteiger partial charge in [0.1, 0.15) is 0 Å². The molecule has 2 rings (SSSR count). The van der Waals surface area contributed by atoms with E-state index in [0.29, 0.717) is 5.92 Å². The second kappa shape index (κ2) is 7.13. The lowest BCUT2D eigenvalue weighted by atomic mass is 10.0. The minimum atomic E-state index is 0.245. The Morgan fingerprint density at radius 3 is 2.67 bits per heavy atom. The molecule has 5 nitrogen and oxygen atoms in total. The fourth-order valence-corrected chi connectivity index (χ4v) is 3.42. The molecular formula is C15H25N5S. The van der Waals surface area contributed by atoms with Crippen LogP contribution in [0.2, 0.25) is 0 Å². The van der Waals surface area contributed by atoms with Gasteiger partial charge in [0.25, 0.3) is 0 Å². The summed E-state index contributed by atoms with van der Waals surface area (Å²) in [7, 11) is 2.00. The van der Waals surface area contributed by atoms with Gasteiger partial charge in [0.05, 0.1) is 22.3 Å². The van der Waals surface area contributed by atoms with Crippen LogP contribution in [0.4, 0.5) is 0 Å². The van der Waals surface area contributed by atoms with Crippen molar-refractivity contribution in [2.75, 3.05) is 7.05 Å². The molecular weight excluding hydrogens is 282 g/mol. The van der Waals surface area contributed by atoms with Crippen molar-refractivity contribution in [3.05, 3.63) is 28.0 Å². The summed E-state index contributed by atoms with van der Waals surface area (Å²) in [5, 5.41) is 12.3. The first-order chi connectivity index (χ1) is 10.1. The summed E-state index contributed by atoms with van der Waals surface area (Å²) >= 11 is 1.50. The Bertz CT molecular complexity index is 572. The Morgan fingerprint density at radius 1 is 1.33 bits per heavy atom. The van der Waals surface area contributed by atoms with Crippen molar-refractivity contribution in [3.63, 3.8) is 0 Å². The highest BCUT2D eigenvalue weighted by Gasteiger charge is 2.21. The summed E-state index contributed by atoms with van der Waals surface area (Å²) in [6, 6.07) is 2.46. The zero-order valence-electron chi connectivity index (χ0n) is 13.6. The number of aromatic nitrogens is 4. The van der Waals surface area contributed by atoms with Gasteiger partial charge in [-0.3, -0.25) is 4.68 Å². The number of aryl methyl sites for hydroxylation is 2. The van der Waals surface area contributed by atoms with E-state index >= 15 is 0 Å². The lowest BCUT2D eigenvalue weighted by molar-refractivity contribution is 0.540. The van der Waals surface area contributed by atoms with Crippen LogP contribution >= 0.6 is 11.5 Å². The summed E-state index contributed by atoms with van der Waals surface area (Å²) in [5.74, 6) is 0.400. The van der Waals surface area contributed by atoms with Crippen molar-refractivity contribution in [2.45, 2.75) is 59.0 Å². The van der Waals surface area contributed by atoms with Gasteiger partial charge in [0.15, 0.2) is 0 Å². The topological polar surface area (TPSA) is 55.6 Å². The Hall–Kier alpha value is -1.27. The predicted molar refractivity (Wildman–Crippen MR) is 86.8 cm³/mol. The lowest BCUT2D eigenvalue weighted by Crippen LogP contribution is -2.21. The molecule has 0 fully saturated rings. The van der Waals surface area contributed by atoms with E-state index in [4.69, 9.17) is 0 Å². The molecule has 2 aromatic rings. The van der Waals surface area contributed by atoms with Crippen LogP contribution in [0, 0.1) is 0 Å². The molecule has 0 bridgehead atoms. The van der Waals surface area contributed by atoms with Crippen LogP contribution in [-0.4, -0.2) is 26.4 Å². The molecule has 2 aromatic heterocycles. The third kappa shape index (κ3) is 3.49. The van der Waals surface area contributed by atoms with Crippen LogP contribution in [0.3, 0.4) is 0 Å². The molecule has 1 unspecified atom stereocenters. The highest BCUT2D eigenvalue weighted by Crippen LogP contribution is 2.28. The fraction of sp³-hybridized carbons (Fsp3) is 0.667. The van der Waals surface area contributed by atoms with Crippen LogP contribution in [0.25, 0.3) is 0 Å². The zero-order chi connectivity index (χ0) is 15.4. The molecule has 0 aromatic carbocycles. The van der Waals surface area contributed by atoms with E-state index in [0.717, 1.165) is 30.8 Å². The van der Waals surface area contributed by atoms with Gasteiger partial charge in [-0.2, -0.15) is 5.10 Å². The minimum absolute atomic E-state index is 0.245. The molecule has 0 aliphatic carbocycles. The minimum Gasteiger partial charge on any atom is -0.312 e. The normalized spacial score (nSPS) is 13.0. The van der Waals surface area contributed by atoms with E-state index in [2.05, 4.69) is 58.4 Å². The maximum Gasteiger partial charge on any atom is 0.0829 e. The number of hydrogen-bond acceptors (Lipinski definition) is 5. The highest BCUT2D eigenvalue weighted by atomic mass is 32.1. The quantitative estimate of drug-likeness (QED) is 0.854. The number of rotatable bonds is 7. The first kappa shape index (κ1) is 16.1. The van der Waals surface area contributed by atoms with Gasteiger partial charge in [-0.15, -0.1) is 5.10 Å². The van der Waals surface area contributed by atoms with Crippen LogP contribution < -0.4 is 5.32 Å². The summed E-state index contributed by atoms with van der Waals surface area (Å²) < 4.78 is 6.25. The average Bonchev–Trinajstić information content (AvgIpc) is 3.10. The van der Waals surface area contributed by atoms with Crippen molar-refractivity contribution in [1.82, 2.24) is 24.7 Å². The van der Waals surface area contributed by atoms with E-state index in [1.807, 2.05) is 7.05 Å². The fourth-order valence-electron chi connectivity index (χ4n) is 2.51. The third-order valence-corrected chi connectivity index (χ3v) is 4.59. The van der Waals surface area contributed by atoms with Crippen molar-refractivity contribution >= 4 is 11.5 Å². The van der Waals surface area contributed by atoms with Crippen LogP contribution in [0.15, 0.2) is 6.07 Å². The van der Waals surface area contributed by atoms with Gasteiger partial charge in [-0.05, 0) is 43.9 Å². The molecule has 2 heterocycles. The molecule has 0 saturated heterocycles. The van der Waals surface area contributed by atoms with Gasteiger partial charge >= 0.3 is 0 Å². The Morgan fingerprint density at radius 2 is 2.10 bits per heavy atom. The van der Waals surface area contributed by atoms with Crippen molar-refractivity contribution in [2.24, 2.45) is 0 Å². The molecule has 0 amide bonds. The second-order valence-electron chi connectivity index (χ2n) is 5.52. The monoisotopic (exact) mass is 307 g/mol. The van der Waals surface area contributed by atoms with Gasteiger partial charge < -0.3 is 5.32 Å². The van der Waals surface area contributed by atoms with Crippen LogP contribution in [0.1, 0.15) is 61.6 Å². The Labute approximate surface area is 130 Å². The number of nitrogens with one attached hydrogen (secondary N) is 1. The molecule has 1 atom stereocenters. The standard InChI is InChI=1S/C15H25N5S/c1-6-11-8-12(20(7-2)18-11)9-13(16-5)15-14(10(3)4)17-19-21-15/h8,10,13,16H,6-7,9H2,1-5H3. The van der Waals surface area contributed by atoms with E-state index < -0.39 is 0 Å². The molecule has 0 radical (unpaired) electrons. The van der Waals surface area contributed by atoms with Crippen LogP contribution in [-0.2, 0) is 19.4 Å². The van der Waals surface area contributed by atoms with Gasteiger partial charge in [-0.1, -0.05) is 25.3 Å². The maximum atomic E-state index is 4.63. The summed E-state index contributed by atoms with van der Waals surface area (Å²) in [6.07, 6.45) is 1.89. The Balaban J connectivity index is 2.26. The van der Waals surface area contributed by atoms with Crippen LogP contribution in [0.5, 0.6) is 0 Å². The molecule has 0 aliphatic rings. The van der Waals surface area contributed by atoms with Gasteiger partial charge in [0.2, 0.25) is 0 Å². The molecule has 116 valence electrons. The van der Waals surface area contributed by atoms with Gasteiger partial charge in [0, 0.05) is 18.7 Å². The molecule has 0 spiro atoms. The first-order valence-corrected chi connectivity index (χ1v) is 8.42. The predicted octanol–water partition coefficient (Wildman–Crippen LogP) is 2.94. The smallest absolute Gasteiger partial charge is 0.0829 e. The van der Waals surface area contributed by atoms with Crippen molar-refractivity contribution < 1.29 is 0 Å². The highest BCUT2D eigenvalue weighted by molar-refractivity contribution is 7.05. The number of likely N-dealkylation sites (N-methyl/N-ethyl adjacent to an activating group) is 1. The van der Waals surface area contributed by atoms with E-state index in [1.165, 1.54) is 22.1 Å². The van der Waals surface area contributed by atoms with Crippen molar-refractivity contribution in [1.29, 1.82) is 0 Å². The zero-order valence-corrected chi connectivity index (χ0v) is 14.4. The van der Waals surface area contributed by atoms with Gasteiger partial charge in [-0.25, -0.2) is 0 Å². The number of hydrogen-bond donors (Lipinski definition) is 1. The molecule has 0 aliphatic heterocycles. The Kier molecular flexibility index (Phi) is 5.47. The summed E-state index contributed by atoms with van der Waals surface area (Å²) in [4.78, 5) is 1.24. The SMILES string of the molecule is CCc1cc(CC(NC)c2snnc2C(C)C)n(CC)n1. The lowest BCUT2D eigenvalue weighted by Gasteiger charge is -2.17. The van der Waals surface area contributed by atoms with E-state index in [9.17, 15) is 0 Å². The summed E-state index contributed by atoms with van der Waals surface area (Å²) in [6.45, 7) is 9.52. The first-order valence-electron chi connectivity index (χ1n) is 7.65. The van der Waals surface area contributed by atoms with E-state index in [1.54, 1.807) is 0 Å². The maximum absolute atomic E-state index is 4.63. The average molecular weight is 307 g/mol. The molecule has 1 N–H and O–H groups in total.